The number of fused-ring (bicyclic) bond motifs is 1. The standard InChI is InChI=1S/C18H25FN2O2/c1-4-6-9-21(12(3)5-2)18(23)15-11-17(22)20-16-10-13(19)7-8-14(15)16/h7-8,10,12,15H,4-6,9,11H2,1-3H3,(H,20,22). The van der Waals surface area contributed by atoms with E-state index in [0.29, 0.717) is 17.8 Å². The van der Waals surface area contributed by atoms with Crippen LogP contribution in [-0.2, 0) is 9.59 Å². The largest absolute Gasteiger partial charge is 0.339 e. The number of anilines is 1. The van der Waals surface area contributed by atoms with Crippen LogP contribution >= 0.6 is 0 Å². The van der Waals surface area contributed by atoms with Crippen LogP contribution in [0.15, 0.2) is 18.2 Å². The van der Waals surface area contributed by atoms with Crippen molar-refractivity contribution in [3.8, 4) is 0 Å². The van der Waals surface area contributed by atoms with E-state index in [0.717, 1.165) is 19.3 Å². The zero-order chi connectivity index (χ0) is 17.0. The molecule has 2 rings (SSSR count). The Morgan fingerprint density at radius 1 is 1.43 bits per heavy atom. The first-order chi connectivity index (χ1) is 11.0. The summed E-state index contributed by atoms with van der Waals surface area (Å²) in [5, 5.41) is 2.66. The van der Waals surface area contributed by atoms with E-state index < -0.39 is 11.7 Å². The molecule has 2 amide bonds. The van der Waals surface area contributed by atoms with Gasteiger partial charge in [0.1, 0.15) is 5.82 Å². The van der Waals surface area contributed by atoms with Crippen molar-refractivity contribution in [3.05, 3.63) is 29.6 Å². The molecule has 0 aliphatic carbocycles. The summed E-state index contributed by atoms with van der Waals surface area (Å²) in [4.78, 5) is 26.8. The molecule has 1 aromatic rings. The predicted molar refractivity (Wildman–Crippen MR) is 88.8 cm³/mol. The summed E-state index contributed by atoms with van der Waals surface area (Å²) < 4.78 is 13.4. The number of nitrogens with zero attached hydrogens (tertiary/aromatic N) is 1. The molecule has 2 unspecified atom stereocenters. The summed E-state index contributed by atoms with van der Waals surface area (Å²) in [7, 11) is 0. The second kappa shape index (κ2) is 7.57. The number of hydrogen-bond acceptors (Lipinski definition) is 2. The Balaban J connectivity index is 2.31. The van der Waals surface area contributed by atoms with E-state index in [1.54, 1.807) is 6.07 Å². The fourth-order valence-corrected chi connectivity index (χ4v) is 2.95. The fourth-order valence-electron chi connectivity index (χ4n) is 2.95. The van der Waals surface area contributed by atoms with Crippen molar-refractivity contribution >= 4 is 17.5 Å². The number of unbranched alkanes of at least 4 members (excludes halogenated alkanes) is 1. The topological polar surface area (TPSA) is 49.4 Å². The summed E-state index contributed by atoms with van der Waals surface area (Å²) >= 11 is 0. The zero-order valence-corrected chi connectivity index (χ0v) is 14.1. The van der Waals surface area contributed by atoms with Gasteiger partial charge in [-0.25, -0.2) is 4.39 Å². The number of hydrogen-bond donors (Lipinski definition) is 1. The molecular weight excluding hydrogens is 295 g/mol. The van der Waals surface area contributed by atoms with Crippen molar-refractivity contribution in [3.63, 3.8) is 0 Å². The highest BCUT2D eigenvalue weighted by Gasteiger charge is 2.34. The van der Waals surface area contributed by atoms with Gasteiger partial charge in [0, 0.05) is 24.7 Å². The molecule has 0 bridgehead atoms. The van der Waals surface area contributed by atoms with Crippen molar-refractivity contribution in [1.82, 2.24) is 4.90 Å². The van der Waals surface area contributed by atoms with Crippen molar-refractivity contribution in [2.75, 3.05) is 11.9 Å². The molecular formula is C18H25FN2O2. The van der Waals surface area contributed by atoms with E-state index in [4.69, 9.17) is 0 Å². The Morgan fingerprint density at radius 2 is 2.17 bits per heavy atom. The molecule has 1 aliphatic rings. The van der Waals surface area contributed by atoms with Gasteiger partial charge < -0.3 is 10.2 Å². The number of amides is 2. The highest BCUT2D eigenvalue weighted by molar-refractivity contribution is 6.01. The molecule has 1 heterocycles. The van der Waals surface area contributed by atoms with E-state index in [-0.39, 0.29) is 24.3 Å². The van der Waals surface area contributed by atoms with Crippen LogP contribution in [0, 0.1) is 5.82 Å². The minimum absolute atomic E-state index is 0.0319. The van der Waals surface area contributed by atoms with E-state index in [2.05, 4.69) is 12.2 Å². The second-order valence-corrected chi connectivity index (χ2v) is 6.18. The molecule has 1 aromatic carbocycles. The highest BCUT2D eigenvalue weighted by atomic mass is 19.1. The highest BCUT2D eigenvalue weighted by Crippen LogP contribution is 2.34. The van der Waals surface area contributed by atoms with Gasteiger partial charge in [0.2, 0.25) is 11.8 Å². The van der Waals surface area contributed by atoms with E-state index in [9.17, 15) is 14.0 Å². The summed E-state index contributed by atoms with van der Waals surface area (Å²) in [6, 6.07) is 4.37. The van der Waals surface area contributed by atoms with Crippen LogP contribution < -0.4 is 5.32 Å². The first-order valence-corrected chi connectivity index (χ1v) is 8.37. The monoisotopic (exact) mass is 320 g/mol. The Morgan fingerprint density at radius 3 is 2.83 bits per heavy atom. The molecule has 0 radical (unpaired) electrons. The lowest BCUT2D eigenvalue weighted by molar-refractivity contribution is -0.137. The van der Waals surface area contributed by atoms with Crippen LogP contribution in [0.2, 0.25) is 0 Å². The zero-order valence-electron chi connectivity index (χ0n) is 14.1. The number of carbonyl (C=O) groups excluding carboxylic acids is 2. The van der Waals surface area contributed by atoms with Gasteiger partial charge in [-0.2, -0.15) is 0 Å². The Labute approximate surface area is 137 Å². The van der Waals surface area contributed by atoms with Crippen LogP contribution in [0.25, 0.3) is 0 Å². The van der Waals surface area contributed by atoms with E-state index in [1.165, 1.54) is 12.1 Å². The van der Waals surface area contributed by atoms with Gasteiger partial charge in [-0.1, -0.05) is 26.3 Å². The normalized spacial score (nSPS) is 18.1. The van der Waals surface area contributed by atoms with Crippen LogP contribution in [-0.4, -0.2) is 29.3 Å². The fraction of sp³-hybridized carbons (Fsp3) is 0.556. The quantitative estimate of drug-likeness (QED) is 0.869. The molecule has 5 heteroatoms. The summed E-state index contributed by atoms with van der Waals surface area (Å²) in [5.74, 6) is -1.20. The minimum atomic E-state index is -0.523. The average Bonchev–Trinajstić information content (AvgIpc) is 2.53. The van der Waals surface area contributed by atoms with E-state index >= 15 is 0 Å². The lowest BCUT2D eigenvalue weighted by Crippen LogP contribution is -2.43. The molecule has 1 N–H and O–H groups in total. The summed E-state index contributed by atoms with van der Waals surface area (Å²) in [5.41, 5.74) is 1.12. The second-order valence-electron chi connectivity index (χ2n) is 6.18. The van der Waals surface area contributed by atoms with Gasteiger partial charge >= 0.3 is 0 Å². The molecule has 0 fully saturated rings. The number of benzene rings is 1. The molecule has 126 valence electrons. The predicted octanol–water partition coefficient (Wildman–Crippen LogP) is 3.68. The molecule has 4 nitrogen and oxygen atoms in total. The first-order valence-electron chi connectivity index (χ1n) is 8.37. The average molecular weight is 320 g/mol. The maximum absolute atomic E-state index is 13.4. The van der Waals surface area contributed by atoms with Gasteiger partial charge in [-0.3, -0.25) is 9.59 Å². The third-order valence-electron chi connectivity index (χ3n) is 4.51. The summed E-state index contributed by atoms with van der Waals surface area (Å²) in [6.45, 7) is 6.86. The third kappa shape index (κ3) is 3.89. The Kier molecular flexibility index (Phi) is 5.74. The van der Waals surface area contributed by atoms with Crippen LogP contribution in [0.4, 0.5) is 10.1 Å². The van der Waals surface area contributed by atoms with Crippen LogP contribution in [0.3, 0.4) is 0 Å². The number of carbonyl (C=O) groups is 2. The number of rotatable bonds is 6. The maximum Gasteiger partial charge on any atom is 0.230 e. The SMILES string of the molecule is CCCCN(C(=O)C1CC(=O)Nc2cc(F)ccc21)C(C)CC. The van der Waals surface area contributed by atoms with Gasteiger partial charge in [0.15, 0.2) is 0 Å². The van der Waals surface area contributed by atoms with E-state index in [1.807, 2.05) is 18.7 Å². The van der Waals surface area contributed by atoms with Crippen LogP contribution in [0.1, 0.15) is 57.9 Å². The van der Waals surface area contributed by atoms with Gasteiger partial charge in [-0.15, -0.1) is 0 Å². The van der Waals surface area contributed by atoms with Crippen LogP contribution in [0.5, 0.6) is 0 Å². The van der Waals surface area contributed by atoms with Gasteiger partial charge in [-0.05, 0) is 37.5 Å². The van der Waals surface area contributed by atoms with Crippen molar-refractivity contribution in [2.45, 2.75) is 58.4 Å². The van der Waals surface area contributed by atoms with Gasteiger partial charge in [0.05, 0.1) is 5.92 Å². The molecule has 0 saturated heterocycles. The Hall–Kier alpha value is -1.91. The van der Waals surface area contributed by atoms with Crippen molar-refractivity contribution in [2.24, 2.45) is 0 Å². The number of nitrogens with one attached hydrogen (secondary N) is 1. The smallest absolute Gasteiger partial charge is 0.230 e. The van der Waals surface area contributed by atoms with Crippen molar-refractivity contribution in [1.29, 1.82) is 0 Å². The molecule has 0 spiro atoms. The molecule has 23 heavy (non-hydrogen) atoms. The number of halogens is 1. The lowest BCUT2D eigenvalue weighted by Gasteiger charge is -2.34. The summed E-state index contributed by atoms with van der Waals surface area (Å²) in [6.07, 6.45) is 2.93. The molecule has 0 aromatic heterocycles. The Bertz CT molecular complexity index is 588. The molecule has 2 atom stereocenters. The molecule has 1 aliphatic heterocycles. The van der Waals surface area contributed by atoms with Crippen molar-refractivity contribution < 1.29 is 14.0 Å². The molecule has 0 saturated carbocycles. The first kappa shape index (κ1) is 17.4. The minimum Gasteiger partial charge on any atom is -0.339 e. The third-order valence-corrected chi connectivity index (χ3v) is 4.51. The van der Waals surface area contributed by atoms with Gasteiger partial charge in [0.25, 0.3) is 0 Å². The maximum atomic E-state index is 13.4. The lowest BCUT2D eigenvalue weighted by atomic mass is 9.88.